The topological polar surface area (TPSA) is 9.23 Å². The molecule has 234 valence electrons. The Morgan fingerprint density at radius 1 is 0.667 bits per heavy atom. The van der Waals surface area contributed by atoms with Crippen LogP contribution in [-0.4, -0.2) is 12.7 Å². The van der Waals surface area contributed by atoms with E-state index in [1.165, 1.54) is 16.7 Å². The van der Waals surface area contributed by atoms with Gasteiger partial charge in [-0.05, 0) is 97.3 Å². The number of methoxy groups -OCH3 is 1. The van der Waals surface area contributed by atoms with Gasteiger partial charge in [0.05, 0.1) is 5.60 Å². The van der Waals surface area contributed by atoms with Crippen molar-refractivity contribution in [3.8, 4) is 0 Å². The van der Waals surface area contributed by atoms with Gasteiger partial charge in [-0.1, -0.05) is 148 Å². The fourth-order valence-corrected chi connectivity index (χ4v) is 3.93. The van der Waals surface area contributed by atoms with Crippen LogP contribution >= 0.6 is 0 Å². The highest BCUT2D eigenvalue weighted by Crippen LogP contribution is 2.15. The van der Waals surface area contributed by atoms with Crippen LogP contribution in [0, 0.1) is 23.7 Å². The van der Waals surface area contributed by atoms with E-state index in [1.807, 2.05) is 0 Å². The molecule has 0 radical (unpaired) electrons. The van der Waals surface area contributed by atoms with E-state index >= 15 is 0 Å². The Balaban J connectivity index is 4.42. The third-order valence-corrected chi connectivity index (χ3v) is 7.09. The minimum atomic E-state index is -0.0876. The molecule has 1 nitrogen and oxygen atoms in total. The first-order chi connectivity index (χ1) is 19.8. The highest BCUT2D eigenvalue weighted by Gasteiger charge is 2.13. The Labute approximate surface area is 262 Å². The van der Waals surface area contributed by atoms with Crippen LogP contribution in [0.2, 0.25) is 0 Å². The fourth-order valence-electron chi connectivity index (χ4n) is 3.93. The Hall–Kier alpha value is -2.64. The molecule has 42 heavy (non-hydrogen) atoms. The lowest BCUT2D eigenvalue weighted by atomic mass is 10.0. The van der Waals surface area contributed by atoms with Gasteiger partial charge in [-0.15, -0.1) is 0 Å². The van der Waals surface area contributed by atoms with Crippen molar-refractivity contribution in [2.24, 2.45) is 23.7 Å². The number of hydrogen-bond donors (Lipinski definition) is 0. The first-order valence-electron chi connectivity index (χ1n) is 16.1. The van der Waals surface area contributed by atoms with E-state index in [1.54, 1.807) is 7.11 Å². The normalized spacial score (nSPS) is 17.2. The lowest BCUT2D eigenvalue weighted by Gasteiger charge is -2.20. The molecule has 1 heteroatoms. The molecule has 0 aromatic carbocycles. The Bertz CT molecular complexity index is 1010. The summed E-state index contributed by atoms with van der Waals surface area (Å²) in [6.07, 6.45) is 43.5. The number of ether oxygens (including phenoxy) is 1. The highest BCUT2D eigenvalue weighted by atomic mass is 16.5. The predicted molar refractivity (Wildman–Crippen MR) is 192 cm³/mol. The molecule has 0 rings (SSSR count). The fraction of sp³-hybridized carbons (Fsp3) is 0.512. The molecule has 0 aromatic heterocycles. The van der Waals surface area contributed by atoms with Gasteiger partial charge in [-0.2, -0.15) is 0 Å². The van der Waals surface area contributed by atoms with E-state index in [0.29, 0.717) is 23.7 Å². The summed E-state index contributed by atoms with van der Waals surface area (Å²) in [4.78, 5) is 0. The van der Waals surface area contributed by atoms with Crippen molar-refractivity contribution in [3.05, 3.63) is 120 Å². The SMILES string of the molecule is COC(C)(C)C/C=C/C(C)C/C=C/C(C)=C/C=C/C(C)/C=C/C=C/C(C)C/C=C/C(C)/C=C/C=C(\C)CCC=C(C)C. The van der Waals surface area contributed by atoms with Gasteiger partial charge in [0.15, 0.2) is 0 Å². The summed E-state index contributed by atoms with van der Waals surface area (Å²) in [5.41, 5.74) is 4.02. The minimum Gasteiger partial charge on any atom is -0.378 e. The van der Waals surface area contributed by atoms with Gasteiger partial charge in [0.1, 0.15) is 0 Å². The van der Waals surface area contributed by atoms with Gasteiger partial charge < -0.3 is 4.74 Å². The second-order valence-electron chi connectivity index (χ2n) is 12.9. The molecule has 0 saturated carbocycles. The monoisotopic (exact) mass is 572 g/mol. The molecule has 0 heterocycles. The Kier molecular flexibility index (Phi) is 22.4. The number of allylic oxidation sites excluding steroid dienone is 19. The van der Waals surface area contributed by atoms with Crippen LogP contribution in [0.25, 0.3) is 0 Å². The van der Waals surface area contributed by atoms with Gasteiger partial charge >= 0.3 is 0 Å². The maximum absolute atomic E-state index is 5.47. The summed E-state index contributed by atoms with van der Waals surface area (Å²) in [6, 6.07) is 0. The average molecular weight is 573 g/mol. The first-order valence-corrected chi connectivity index (χ1v) is 16.1. The molecule has 0 aliphatic carbocycles. The predicted octanol–water partition coefficient (Wildman–Crippen LogP) is 12.7. The first kappa shape index (κ1) is 39.4. The average Bonchev–Trinajstić information content (AvgIpc) is 2.91. The number of hydrogen-bond acceptors (Lipinski definition) is 1. The second-order valence-corrected chi connectivity index (χ2v) is 12.9. The van der Waals surface area contributed by atoms with Crippen LogP contribution in [0.3, 0.4) is 0 Å². The molecule has 0 aromatic rings. The van der Waals surface area contributed by atoms with E-state index in [0.717, 1.165) is 32.1 Å². The van der Waals surface area contributed by atoms with Crippen LogP contribution in [0.15, 0.2) is 120 Å². The van der Waals surface area contributed by atoms with Gasteiger partial charge in [0.2, 0.25) is 0 Å². The molecule has 0 saturated heterocycles. The summed E-state index contributed by atoms with van der Waals surface area (Å²) in [7, 11) is 1.77. The van der Waals surface area contributed by atoms with Crippen molar-refractivity contribution in [1.82, 2.24) is 0 Å². The molecule has 0 aliphatic rings. The largest absolute Gasteiger partial charge is 0.378 e. The van der Waals surface area contributed by atoms with Gasteiger partial charge in [0, 0.05) is 7.11 Å². The molecule has 4 unspecified atom stereocenters. The zero-order valence-electron chi connectivity index (χ0n) is 29.1. The minimum absolute atomic E-state index is 0.0876. The molecule has 0 bridgehead atoms. The van der Waals surface area contributed by atoms with Crippen molar-refractivity contribution in [2.45, 2.75) is 107 Å². The van der Waals surface area contributed by atoms with E-state index < -0.39 is 0 Å². The Morgan fingerprint density at radius 3 is 1.90 bits per heavy atom. The quantitative estimate of drug-likeness (QED) is 0.104. The van der Waals surface area contributed by atoms with Crippen LogP contribution in [0.5, 0.6) is 0 Å². The Morgan fingerprint density at radius 2 is 1.24 bits per heavy atom. The maximum atomic E-state index is 5.47. The van der Waals surface area contributed by atoms with Gasteiger partial charge in [-0.3, -0.25) is 0 Å². The van der Waals surface area contributed by atoms with Crippen LogP contribution in [0.1, 0.15) is 101 Å². The van der Waals surface area contributed by atoms with Gasteiger partial charge in [-0.25, -0.2) is 0 Å². The zero-order chi connectivity index (χ0) is 31.8. The van der Waals surface area contributed by atoms with Crippen molar-refractivity contribution in [1.29, 1.82) is 0 Å². The maximum Gasteiger partial charge on any atom is 0.0657 e. The van der Waals surface area contributed by atoms with Crippen LogP contribution in [0.4, 0.5) is 0 Å². The van der Waals surface area contributed by atoms with E-state index in [-0.39, 0.29) is 5.60 Å². The summed E-state index contributed by atoms with van der Waals surface area (Å²) in [6.45, 7) is 21.9. The van der Waals surface area contributed by atoms with Crippen LogP contribution < -0.4 is 0 Å². The zero-order valence-corrected chi connectivity index (χ0v) is 29.1. The van der Waals surface area contributed by atoms with E-state index in [9.17, 15) is 0 Å². The third-order valence-electron chi connectivity index (χ3n) is 7.09. The van der Waals surface area contributed by atoms with E-state index in [4.69, 9.17) is 4.74 Å². The van der Waals surface area contributed by atoms with Crippen molar-refractivity contribution in [2.75, 3.05) is 7.11 Å². The molecule has 0 N–H and O–H groups in total. The molecule has 0 aliphatic heterocycles. The lowest BCUT2D eigenvalue weighted by Crippen LogP contribution is -2.20. The van der Waals surface area contributed by atoms with Crippen molar-refractivity contribution in [3.63, 3.8) is 0 Å². The molecule has 0 spiro atoms. The van der Waals surface area contributed by atoms with Crippen molar-refractivity contribution >= 4 is 0 Å². The second kappa shape index (κ2) is 23.9. The van der Waals surface area contributed by atoms with Crippen LogP contribution in [-0.2, 0) is 4.74 Å². The summed E-state index contributed by atoms with van der Waals surface area (Å²) in [5.74, 6) is 1.91. The lowest BCUT2D eigenvalue weighted by molar-refractivity contribution is 0.0254. The summed E-state index contributed by atoms with van der Waals surface area (Å²) < 4.78 is 5.47. The molecule has 0 amide bonds. The molecule has 4 atom stereocenters. The van der Waals surface area contributed by atoms with E-state index in [2.05, 4.69) is 173 Å². The highest BCUT2D eigenvalue weighted by molar-refractivity contribution is 5.23. The third kappa shape index (κ3) is 25.1. The summed E-state index contributed by atoms with van der Waals surface area (Å²) >= 11 is 0. The number of rotatable bonds is 20. The van der Waals surface area contributed by atoms with Gasteiger partial charge in [0.25, 0.3) is 0 Å². The standard InChI is InChI=1S/C41H64O/c1-34(2)20-14-23-37(5)26-17-29-38(6)27-15-24-35(3)21-12-13-22-36(4)25-16-28-39(7)30-18-31-40(8)32-19-33-41(9,10)42-11/h12-13,15-22,25-30,32,35-36,38,40H,14,23-24,31,33H2,1-11H3/b21-12+,22-13+,25-16+,27-15+,29-17+,30-18+,32-19+,37-26+,39-28+. The molecular formula is C41H64O. The smallest absolute Gasteiger partial charge is 0.0657 e. The summed E-state index contributed by atoms with van der Waals surface area (Å²) in [5, 5.41) is 0. The molecule has 0 fully saturated rings. The van der Waals surface area contributed by atoms with Crippen molar-refractivity contribution < 1.29 is 4.74 Å². The molecular weight excluding hydrogens is 508 g/mol.